The molecule has 3 aromatic rings. The van der Waals surface area contributed by atoms with Crippen molar-refractivity contribution in [2.24, 2.45) is 0 Å². The maximum atomic E-state index is 12.9. The number of allylic oxidation sites excluding steroid dienone is 1. The molecule has 108 valence electrons. The standard InChI is InChI=1S/C18H13NO3/c20-12-7-8-19-15(9-12)14-10-22-16-6-5-11-3-1-2-4-13(11)17(16)18(14)21/h1-7,9-10,19-20H,8H2. The van der Waals surface area contributed by atoms with Crippen molar-refractivity contribution in [1.82, 2.24) is 5.32 Å². The van der Waals surface area contributed by atoms with Gasteiger partial charge >= 0.3 is 0 Å². The average molecular weight is 291 g/mol. The lowest BCUT2D eigenvalue weighted by Gasteiger charge is -2.13. The van der Waals surface area contributed by atoms with Gasteiger partial charge in [-0.1, -0.05) is 30.3 Å². The molecule has 1 aliphatic rings. The minimum atomic E-state index is -0.105. The zero-order valence-corrected chi connectivity index (χ0v) is 11.7. The summed E-state index contributed by atoms with van der Waals surface area (Å²) < 4.78 is 5.64. The highest BCUT2D eigenvalue weighted by Gasteiger charge is 2.15. The van der Waals surface area contributed by atoms with Crippen LogP contribution in [-0.2, 0) is 0 Å². The van der Waals surface area contributed by atoms with E-state index in [0.717, 1.165) is 10.8 Å². The molecule has 0 saturated carbocycles. The molecule has 1 aliphatic heterocycles. The first-order chi connectivity index (χ1) is 10.7. The minimum Gasteiger partial charge on any atom is -0.508 e. The summed E-state index contributed by atoms with van der Waals surface area (Å²) in [6.07, 6.45) is 4.62. The van der Waals surface area contributed by atoms with E-state index in [-0.39, 0.29) is 11.2 Å². The molecule has 0 aliphatic carbocycles. The van der Waals surface area contributed by atoms with Crippen LogP contribution in [0.3, 0.4) is 0 Å². The zero-order chi connectivity index (χ0) is 15.1. The number of rotatable bonds is 1. The van der Waals surface area contributed by atoms with Gasteiger partial charge in [-0.2, -0.15) is 0 Å². The predicted octanol–water partition coefficient (Wildman–Crippen LogP) is 3.33. The molecule has 0 spiro atoms. The largest absolute Gasteiger partial charge is 0.508 e. The Morgan fingerprint density at radius 2 is 2.00 bits per heavy atom. The predicted molar refractivity (Wildman–Crippen MR) is 86.7 cm³/mol. The number of dihydropyridines is 1. The second kappa shape index (κ2) is 4.77. The molecule has 2 aromatic carbocycles. The van der Waals surface area contributed by atoms with Gasteiger partial charge in [0.25, 0.3) is 0 Å². The maximum Gasteiger partial charge on any atom is 0.202 e. The van der Waals surface area contributed by atoms with Gasteiger partial charge in [0.2, 0.25) is 5.43 Å². The van der Waals surface area contributed by atoms with Crippen LogP contribution in [0.1, 0.15) is 5.56 Å². The van der Waals surface area contributed by atoms with Crippen molar-refractivity contribution in [2.45, 2.75) is 0 Å². The summed E-state index contributed by atoms with van der Waals surface area (Å²) in [7, 11) is 0. The maximum absolute atomic E-state index is 12.9. The molecule has 0 radical (unpaired) electrons. The first kappa shape index (κ1) is 12.7. The molecule has 0 saturated heterocycles. The van der Waals surface area contributed by atoms with Gasteiger partial charge < -0.3 is 14.8 Å². The second-order valence-electron chi connectivity index (χ2n) is 5.21. The summed E-state index contributed by atoms with van der Waals surface area (Å²) in [6.45, 7) is 0.477. The van der Waals surface area contributed by atoms with Crippen molar-refractivity contribution in [3.63, 3.8) is 0 Å². The Kier molecular flexibility index (Phi) is 2.76. The Labute approximate surface area is 126 Å². The third-order valence-corrected chi connectivity index (χ3v) is 3.85. The number of fused-ring (bicyclic) bond motifs is 3. The van der Waals surface area contributed by atoms with E-state index < -0.39 is 0 Å². The highest BCUT2D eigenvalue weighted by Crippen LogP contribution is 2.24. The van der Waals surface area contributed by atoms with Gasteiger partial charge in [-0.25, -0.2) is 0 Å². The molecule has 0 amide bonds. The molecule has 4 nitrogen and oxygen atoms in total. The third-order valence-electron chi connectivity index (χ3n) is 3.85. The minimum absolute atomic E-state index is 0.105. The lowest BCUT2D eigenvalue weighted by atomic mass is 10.0. The lowest BCUT2D eigenvalue weighted by Crippen LogP contribution is -2.21. The topological polar surface area (TPSA) is 62.5 Å². The van der Waals surface area contributed by atoms with Crippen molar-refractivity contribution in [3.05, 3.63) is 76.4 Å². The van der Waals surface area contributed by atoms with Gasteiger partial charge in [-0.3, -0.25) is 4.79 Å². The fraction of sp³-hybridized carbons (Fsp3) is 0.0556. The fourth-order valence-corrected chi connectivity index (χ4v) is 2.78. The third kappa shape index (κ3) is 1.89. The molecule has 0 atom stereocenters. The van der Waals surface area contributed by atoms with E-state index in [0.29, 0.717) is 28.8 Å². The molecular weight excluding hydrogens is 278 g/mol. The summed E-state index contributed by atoms with van der Waals surface area (Å²) in [5.41, 5.74) is 1.45. The number of hydrogen-bond donors (Lipinski definition) is 2. The van der Waals surface area contributed by atoms with Gasteiger partial charge in [-0.05, 0) is 22.9 Å². The Morgan fingerprint density at radius 3 is 2.86 bits per heavy atom. The van der Waals surface area contributed by atoms with E-state index in [2.05, 4.69) is 5.32 Å². The van der Waals surface area contributed by atoms with Gasteiger partial charge in [-0.15, -0.1) is 0 Å². The smallest absolute Gasteiger partial charge is 0.202 e. The number of aliphatic hydroxyl groups is 1. The van der Waals surface area contributed by atoms with Crippen molar-refractivity contribution in [3.8, 4) is 0 Å². The van der Waals surface area contributed by atoms with Crippen molar-refractivity contribution in [2.75, 3.05) is 6.54 Å². The Morgan fingerprint density at radius 1 is 1.14 bits per heavy atom. The molecule has 1 aromatic heterocycles. The highest BCUT2D eigenvalue weighted by atomic mass is 16.3. The number of benzene rings is 2. The van der Waals surface area contributed by atoms with Crippen LogP contribution in [0.2, 0.25) is 0 Å². The zero-order valence-electron chi connectivity index (χ0n) is 11.7. The van der Waals surface area contributed by atoms with Crippen LogP contribution in [0.25, 0.3) is 27.4 Å². The summed E-state index contributed by atoms with van der Waals surface area (Å²) in [6, 6.07) is 11.5. The van der Waals surface area contributed by atoms with E-state index in [1.54, 1.807) is 6.08 Å². The van der Waals surface area contributed by atoms with E-state index in [1.165, 1.54) is 12.3 Å². The van der Waals surface area contributed by atoms with Gasteiger partial charge in [0.15, 0.2) is 0 Å². The average Bonchev–Trinajstić information content (AvgIpc) is 2.55. The van der Waals surface area contributed by atoms with E-state index >= 15 is 0 Å². The highest BCUT2D eigenvalue weighted by molar-refractivity contribution is 6.05. The number of aliphatic hydroxyl groups excluding tert-OH is 1. The summed E-state index contributed by atoms with van der Waals surface area (Å²) in [4.78, 5) is 12.9. The van der Waals surface area contributed by atoms with E-state index in [4.69, 9.17) is 4.42 Å². The molecule has 2 heterocycles. The molecular formula is C18H13NO3. The van der Waals surface area contributed by atoms with Crippen LogP contribution < -0.4 is 10.7 Å². The van der Waals surface area contributed by atoms with Gasteiger partial charge in [0.05, 0.1) is 16.6 Å². The fourth-order valence-electron chi connectivity index (χ4n) is 2.78. The Balaban J connectivity index is 2.07. The van der Waals surface area contributed by atoms with Crippen LogP contribution in [0.5, 0.6) is 0 Å². The monoisotopic (exact) mass is 291 g/mol. The van der Waals surface area contributed by atoms with Crippen LogP contribution >= 0.6 is 0 Å². The first-order valence-corrected chi connectivity index (χ1v) is 7.02. The molecule has 0 unspecified atom stereocenters. The second-order valence-corrected chi connectivity index (χ2v) is 5.21. The van der Waals surface area contributed by atoms with Gasteiger partial charge in [0.1, 0.15) is 17.6 Å². The van der Waals surface area contributed by atoms with Crippen LogP contribution in [0.4, 0.5) is 0 Å². The quantitative estimate of drug-likeness (QED) is 0.675. The molecule has 0 bridgehead atoms. The molecule has 2 N–H and O–H groups in total. The normalized spacial score (nSPS) is 14.5. The van der Waals surface area contributed by atoms with Crippen LogP contribution in [-0.4, -0.2) is 11.7 Å². The first-order valence-electron chi connectivity index (χ1n) is 7.02. The lowest BCUT2D eigenvalue weighted by molar-refractivity contribution is 0.428. The molecule has 4 heteroatoms. The molecule has 4 rings (SSSR count). The summed E-state index contributed by atoms with van der Waals surface area (Å²) in [5.74, 6) is 0.145. The van der Waals surface area contributed by atoms with Crippen molar-refractivity contribution >= 4 is 27.4 Å². The van der Waals surface area contributed by atoms with E-state index in [9.17, 15) is 9.90 Å². The van der Waals surface area contributed by atoms with Crippen molar-refractivity contribution in [1.29, 1.82) is 0 Å². The van der Waals surface area contributed by atoms with E-state index in [1.807, 2.05) is 36.4 Å². The van der Waals surface area contributed by atoms with Crippen LogP contribution in [0, 0.1) is 0 Å². The van der Waals surface area contributed by atoms with Gasteiger partial charge in [0, 0.05) is 12.6 Å². The SMILES string of the molecule is O=c1c(C2=CC(O)=CCN2)coc2ccc3ccccc3c12. The Hall–Kier alpha value is -3.01. The van der Waals surface area contributed by atoms with Crippen molar-refractivity contribution < 1.29 is 9.52 Å². The Bertz CT molecular complexity index is 1010. The number of nitrogens with one attached hydrogen (secondary N) is 1. The van der Waals surface area contributed by atoms with Crippen LogP contribution in [0.15, 0.2) is 69.8 Å². The summed E-state index contributed by atoms with van der Waals surface area (Å²) in [5, 5.41) is 15.1. The molecule has 22 heavy (non-hydrogen) atoms. The summed E-state index contributed by atoms with van der Waals surface area (Å²) >= 11 is 0. The number of hydrogen-bond acceptors (Lipinski definition) is 4. The molecule has 0 fully saturated rings.